The maximum atomic E-state index is 11.2. The van der Waals surface area contributed by atoms with Crippen LogP contribution in [0.15, 0.2) is 25.3 Å². The fraction of sp³-hybridized carbons (Fsp3) is 0.583. The Bertz CT molecular complexity index is 245. The van der Waals surface area contributed by atoms with Crippen LogP contribution < -0.4 is 0 Å². The predicted octanol–water partition coefficient (Wildman–Crippen LogP) is 2.85. The molecule has 0 spiro atoms. The quantitative estimate of drug-likeness (QED) is 0.392. The molecule has 0 amide bonds. The van der Waals surface area contributed by atoms with Crippen molar-refractivity contribution in [3.8, 4) is 0 Å². The lowest BCUT2D eigenvalue weighted by molar-refractivity contribution is -0.156. The molecule has 0 saturated heterocycles. The summed E-state index contributed by atoms with van der Waals surface area (Å²) in [5.74, 6) is 0.0105. The molecule has 1 aliphatic carbocycles. The van der Waals surface area contributed by atoms with Crippen LogP contribution in [0.2, 0.25) is 0 Å². The zero-order chi connectivity index (χ0) is 10.6. The van der Waals surface area contributed by atoms with Gasteiger partial charge in [-0.05, 0) is 31.3 Å². The van der Waals surface area contributed by atoms with Crippen molar-refractivity contribution >= 4 is 5.97 Å². The fourth-order valence-electron chi connectivity index (χ4n) is 2.07. The molecule has 0 aromatic carbocycles. The first-order chi connectivity index (χ1) is 6.64. The lowest BCUT2D eigenvalue weighted by Crippen LogP contribution is -2.41. The van der Waals surface area contributed by atoms with E-state index in [1.807, 2.05) is 0 Å². The summed E-state index contributed by atoms with van der Waals surface area (Å²) in [4.78, 5) is 11.2. The molecule has 0 heterocycles. The number of hydrogen-bond acceptors (Lipinski definition) is 2. The van der Waals surface area contributed by atoms with Crippen molar-refractivity contribution < 1.29 is 9.53 Å². The second-order valence-corrected chi connectivity index (χ2v) is 3.93. The molecule has 2 heteroatoms. The van der Waals surface area contributed by atoms with Crippen molar-refractivity contribution in [1.29, 1.82) is 0 Å². The van der Waals surface area contributed by atoms with E-state index in [2.05, 4.69) is 20.1 Å². The summed E-state index contributed by atoms with van der Waals surface area (Å²) in [6.45, 7) is 9.30. The van der Waals surface area contributed by atoms with Crippen molar-refractivity contribution in [2.24, 2.45) is 5.92 Å². The minimum Gasteiger partial charge on any atom is -0.451 e. The van der Waals surface area contributed by atoms with Gasteiger partial charge in [-0.25, -0.2) is 4.79 Å². The maximum absolute atomic E-state index is 11.2. The lowest BCUT2D eigenvalue weighted by Gasteiger charge is -2.39. The standard InChI is InChI=1S/C12H18O2/c1-4-11(13)14-12(5-2)9-7-6-8-10(12)3/h4-5,10H,1-2,6-9H2,3H3/t10-,12+/m0/s1. The highest BCUT2D eigenvalue weighted by Gasteiger charge is 2.38. The number of ether oxygens (including phenoxy) is 1. The number of carbonyl (C=O) groups is 1. The molecule has 1 saturated carbocycles. The van der Waals surface area contributed by atoms with Gasteiger partial charge in [-0.2, -0.15) is 0 Å². The van der Waals surface area contributed by atoms with Crippen molar-refractivity contribution in [2.45, 2.75) is 38.2 Å². The molecule has 2 nitrogen and oxygen atoms in total. The van der Waals surface area contributed by atoms with Gasteiger partial charge in [-0.15, -0.1) is 0 Å². The minimum absolute atomic E-state index is 0.348. The van der Waals surface area contributed by atoms with Crippen LogP contribution in [0.1, 0.15) is 32.6 Å². The SMILES string of the molecule is C=CC(=O)O[C@]1(C=C)CCCC[C@@H]1C. The van der Waals surface area contributed by atoms with Gasteiger partial charge in [-0.3, -0.25) is 0 Å². The minimum atomic E-state index is -0.455. The Balaban J connectivity index is 2.77. The average Bonchev–Trinajstić information content (AvgIpc) is 2.21. The van der Waals surface area contributed by atoms with Gasteiger partial charge in [0, 0.05) is 6.08 Å². The van der Waals surface area contributed by atoms with Gasteiger partial charge in [0.25, 0.3) is 0 Å². The second-order valence-electron chi connectivity index (χ2n) is 3.93. The van der Waals surface area contributed by atoms with Crippen molar-refractivity contribution in [3.63, 3.8) is 0 Å². The predicted molar refractivity (Wildman–Crippen MR) is 56.8 cm³/mol. The molecule has 0 bridgehead atoms. The van der Waals surface area contributed by atoms with Gasteiger partial charge in [0.2, 0.25) is 0 Å². The molecule has 78 valence electrons. The Morgan fingerprint density at radius 2 is 2.21 bits per heavy atom. The molecule has 0 aromatic heterocycles. The molecule has 0 aliphatic heterocycles. The van der Waals surface area contributed by atoms with Crippen LogP contribution in [-0.4, -0.2) is 11.6 Å². The molecular weight excluding hydrogens is 176 g/mol. The zero-order valence-electron chi connectivity index (χ0n) is 8.79. The summed E-state index contributed by atoms with van der Waals surface area (Å²) in [6.07, 6.45) is 7.28. The van der Waals surface area contributed by atoms with E-state index in [1.165, 1.54) is 12.5 Å². The number of esters is 1. The first-order valence-corrected chi connectivity index (χ1v) is 5.13. The average molecular weight is 194 g/mol. The van der Waals surface area contributed by atoms with Crippen LogP contribution >= 0.6 is 0 Å². The highest BCUT2D eigenvalue weighted by molar-refractivity contribution is 5.81. The third kappa shape index (κ3) is 2.06. The van der Waals surface area contributed by atoms with Gasteiger partial charge < -0.3 is 4.74 Å². The van der Waals surface area contributed by atoms with Crippen molar-refractivity contribution in [3.05, 3.63) is 25.3 Å². The van der Waals surface area contributed by atoms with Crippen LogP contribution in [0.4, 0.5) is 0 Å². The van der Waals surface area contributed by atoms with E-state index in [-0.39, 0.29) is 5.97 Å². The Morgan fingerprint density at radius 3 is 2.71 bits per heavy atom. The molecule has 1 fully saturated rings. The first-order valence-electron chi connectivity index (χ1n) is 5.13. The Morgan fingerprint density at radius 1 is 1.50 bits per heavy atom. The van der Waals surface area contributed by atoms with Crippen molar-refractivity contribution in [2.75, 3.05) is 0 Å². The number of rotatable bonds is 3. The summed E-state index contributed by atoms with van der Waals surface area (Å²) in [5, 5.41) is 0. The summed E-state index contributed by atoms with van der Waals surface area (Å²) < 4.78 is 5.41. The molecular formula is C12H18O2. The third-order valence-corrected chi connectivity index (χ3v) is 3.09. The molecule has 0 N–H and O–H groups in total. The topological polar surface area (TPSA) is 26.3 Å². The van der Waals surface area contributed by atoms with E-state index in [9.17, 15) is 4.79 Å². The largest absolute Gasteiger partial charge is 0.451 e. The molecule has 0 unspecified atom stereocenters. The van der Waals surface area contributed by atoms with E-state index >= 15 is 0 Å². The summed E-state index contributed by atoms with van der Waals surface area (Å²) in [7, 11) is 0. The normalized spacial score (nSPS) is 31.9. The van der Waals surface area contributed by atoms with E-state index in [0.717, 1.165) is 19.3 Å². The van der Waals surface area contributed by atoms with Crippen LogP contribution in [0, 0.1) is 5.92 Å². The van der Waals surface area contributed by atoms with E-state index in [1.54, 1.807) is 6.08 Å². The fourth-order valence-corrected chi connectivity index (χ4v) is 2.07. The van der Waals surface area contributed by atoms with Crippen LogP contribution in [0.3, 0.4) is 0 Å². The van der Waals surface area contributed by atoms with E-state index in [4.69, 9.17) is 4.74 Å². The van der Waals surface area contributed by atoms with Gasteiger partial charge >= 0.3 is 5.97 Å². The zero-order valence-corrected chi connectivity index (χ0v) is 8.79. The summed E-state index contributed by atoms with van der Waals surface area (Å²) in [6, 6.07) is 0. The highest BCUT2D eigenvalue weighted by Crippen LogP contribution is 2.37. The van der Waals surface area contributed by atoms with E-state index in [0.29, 0.717) is 5.92 Å². The third-order valence-electron chi connectivity index (χ3n) is 3.09. The van der Waals surface area contributed by atoms with Crippen LogP contribution in [0.5, 0.6) is 0 Å². The lowest BCUT2D eigenvalue weighted by atomic mass is 9.76. The van der Waals surface area contributed by atoms with Crippen LogP contribution in [0.25, 0.3) is 0 Å². The molecule has 1 rings (SSSR count). The number of hydrogen-bond donors (Lipinski definition) is 0. The molecule has 0 aromatic rings. The summed E-state index contributed by atoms with van der Waals surface area (Å²) >= 11 is 0. The van der Waals surface area contributed by atoms with Crippen molar-refractivity contribution in [1.82, 2.24) is 0 Å². The Kier molecular flexibility index (Phi) is 3.50. The Hall–Kier alpha value is -1.05. The molecule has 0 radical (unpaired) electrons. The second kappa shape index (κ2) is 4.45. The Labute approximate surface area is 85.6 Å². The molecule has 14 heavy (non-hydrogen) atoms. The van der Waals surface area contributed by atoms with Crippen LogP contribution in [-0.2, 0) is 9.53 Å². The monoisotopic (exact) mass is 194 g/mol. The molecule has 1 aliphatic rings. The first kappa shape index (κ1) is 11.0. The summed E-state index contributed by atoms with van der Waals surface area (Å²) in [5.41, 5.74) is -0.455. The number of carbonyl (C=O) groups excluding carboxylic acids is 1. The van der Waals surface area contributed by atoms with Gasteiger partial charge in [0.1, 0.15) is 5.60 Å². The van der Waals surface area contributed by atoms with Gasteiger partial charge in [-0.1, -0.05) is 26.5 Å². The smallest absolute Gasteiger partial charge is 0.331 e. The molecule has 2 atom stereocenters. The van der Waals surface area contributed by atoms with Gasteiger partial charge in [0.15, 0.2) is 0 Å². The highest BCUT2D eigenvalue weighted by atomic mass is 16.6. The van der Waals surface area contributed by atoms with E-state index < -0.39 is 5.60 Å². The maximum Gasteiger partial charge on any atom is 0.331 e. The van der Waals surface area contributed by atoms with Gasteiger partial charge in [0.05, 0.1) is 0 Å².